The maximum Gasteiger partial charge on any atom is 0.0587 e. The number of hydrogen-bond donors (Lipinski definition) is 1. The van der Waals surface area contributed by atoms with E-state index in [2.05, 4.69) is 37.4 Å². The highest BCUT2D eigenvalue weighted by Crippen LogP contribution is 2.33. The summed E-state index contributed by atoms with van der Waals surface area (Å²) in [5.41, 5.74) is 4.43. The number of benzene rings is 1. The zero-order valence-corrected chi connectivity index (χ0v) is 13.0. The van der Waals surface area contributed by atoms with Gasteiger partial charge in [-0.25, -0.2) is 0 Å². The molecule has 1 heterocycles. The summed E-state index contributed by atoms with van der Waals surface area (Å²) in [6.45, 7) is 8.79. The van der Waals surface area contributed by atoms with Crippen LogP contribution in [0, 0.1) is 19.3 Å². The summed E-state index contributed by atoms with van der Waals surface area (Å²) in [6, 6.07) is 6.74. The fraction of sp³-hybridized carbons (Fsp3) is 0.647. The maximum atomic E-state index is 5.69. The second-order valence-electron chi connectivity index (χ2n) is 6.08. The van der Waals surface area contributed by atoms with Crippen LogP contribution in [0.25, 0.3) is 0 Å². The molecule has 0 radical (unpaired) electrons. The predicted molar refractivity (Wildman–Crippen MR) is 82.2 cm³/mol. The average Bonchev–Trinajstić information content (AvgIpc) is 2.88. The molecule has 0 saturated carbocycles. The Morgan fingerprint density at radius 2 is 2.20 bits per heavy atom. The predicted octanol–water partition coefficient (Wildman–Crippen LogP) is 2.49. The van der Waals surface area contributed by atoms with Gasteiger partial charge in [0, 0.05) is 32.2 Å². The van der Waals surface area contributed by atoms with Crippen LogP contribution in [0.1, 0.15) is 23.1 Å². The monoisotopic (exact) mass is 277 g/mol. The van der Waals surface area contributed by atoms with Gasteiger partial charge in [-0.3, -0.25) is 0 Å². The molecule has 3 heteroatoms. The Morgan fingerprint density at radius 1 is 1.35 bits per heavy atom. The van der Waals surface area contributed by atoms with Crippen LogP contribution in [0.2, 0.25) is 0 Å². The number of methoxy groups -OCH3 is 1. The first-order chi connectivity index (χ1) is 9.65. The normalized spacial score (nSPS) is 22.4. The van der Waals surface area contributed by atoms with Crippen LogP contribution in [0.3, 0.4) is 0 Å². The highest BCUT2D eigenvalue weighted by molar-refractivity contribution is 5.31. The van der Waals surface area contributed by atoms with Crippen LogP contribution in [-0.2, 0) is 15.9 Å². The van der Waals surface area contributed by atoms with E-state index in [1.165, 1.54) is 16.7 Å². The average molecular weight is 277 g/mol. The van der Waals surface area contributed by atoms with Crippen molar-refractivity contribution in [3.63, 3.8) is 0 Å². The quantitative estimate of drug-likeness (QED) is 0.777. The molecule has 1 aromatic carbocycles. The van der Waals surface area contributed by atoms with Gasteiger partial charge < -0.3 is 14.8 Å². The summed E-state index contributed by atoms with van der Waals surface area (Å²) >= 11 is 0. The first-order valence-corrected chi connectivity index (χ1v) is 7.49. The lowest BCUT2D eigenvalue weighted by molar-refractivity contribution is 0.145. The Labute approximate surface area is 122 Å². The van der Waals surface area contributed by atoms with Crippen LogP contribution in [0.5, 0.6) is 0 Å². The Balaban J connectivity index is 2.02. The number of ether oxygens (including phenoxy) is 2. The van der Waals surface area contributed by atoms with Crippen LogP contribution in [0.15, 0.2) is 18.2 Å². The molecule has 1 unspecified atom stereocenters. The van der Waals surface area contributed by atoms with Gasteiger partial charge >= 0.3 is 0 Å². The highest BCUT2D eigenvalue weighted by Gasteiger charge is 2.35. The van der Waals surface area contributed by atoms with Gasteiger partial charge in [0.05, 0.1) is 13.2 Å². The molecule has 1 fully saturated rings. The number of nitrogens with one attached hydrogen (secondary N) is 1. The zero-order chi connectivity index (χ0) is 14.4. The van der Waals surface area contributed by atoms with Crippen molar-refractivity contribution in [3.8, 4) is 0 Å². The lowest BCUT2D eigenvalue weighted by Crippen LogP contribution is -2.38. The minimum absolute atomic E-state index is 0.242. The second kappa shape index (κ2) is 7.21. The fourth-order valence-electron chi connectivity index (χ4n) is 2.91. The maximum absolute atomic E-state index is 5.69. The van der Waals surface area contributed by atoms with Crippen molar-refractivity contribution in [2.45, 2.75) is 26.7 Å². The summed E-state index contributed by atoms with van der Waals surface area (Å²) in [6.07, 6.45) is 2.24. The lowest BCUT2D eigenvalue weighted by Gasteiger charge is -2.29. The van der Waals surface area contributed by atoms with E-state index < -0.39 is 0 Å². The molecule has 0 amide bonds. The summed E-state index contributed by atoms with van der Waals surface area (Å²) in [7, 11) is 1.74. The summed E-state index contributed by atoms with van der Waals surface area (Å²) in [4.78, 5) is 0. The van der Waals surface area contributed by atoms with Gasteiger partial charge in [-0.05, 0) is 37.8 Å². The summed E-state index contributed by atoms with van der Waals surface area (Å²) < 4.78 is 10.8. The highest BCUT2D eigenvalue weighted by atomic mass is 16.5. The van der Waals surface area contributed by atoms with Crippen molar-refractivity contribution in [1.82, 2.24) is 5.32 Å². The fourth-order valence-corrected chi connectivity index (χ4v) is 2.91. The minimum atomic E-state index is 0.242. The third kappa shape index (κ3) is 4.05. The molecule has 112 valence electrons. The van der Waals surface area contributed by atoms with E-state index in [0.29, 0.717) is 0 Å². The van der Waals surface area contributed by atoms with E-state index in [9.17, 15) is 0 Å². The lowest BCUT2D eigenvalue weighted by atomic mass is 9.79. The van der Waals surface area contributed by atoms with Gasteiger partial charge in [-0.15, -0.1) is 0 Å². The van der Waals surface area contributed by atoms with Gasteiger partial charge in [0.25, 0.3) is 0 Å². The molecular formula is C17H27NO2. The number of hydrogen-bond acceptors (Lipinski definition) is 3. The minimum Gasteiger partial charge on any atom is -0.383 e. The van der Waals surface area contributed by atoms with Crippen LogP contribution >= 0.6 is 0 Å². The molecule has 0 aromatic heterocycles. The van der Waals surface area contributed by atoms with E-state index in [0.717, 1.165) is 45.8 Å². The molecule has 1 atom stereocenters. The molecule has 20 heavy (non-hydrogen) atoms. The van der Waals surface area contributed by atoms with Crippen LogP contribution < -0.4 is 5.32 Å². The van der Waals surface area contributed by atoms with Crippen LogP contribution in [-0.4, -0.2) is 40.0 Å². The first-order valence-electron chi connectivity index (χ1n) is 7.49. The Morgan fingerprint density at radius 3 is 2.90 bits per heavy atom. The molecule has 1 aromatic rings. The zero-order valence-electron chi connectivity index (χ0n) is 13.0. The molecule has 1 aliphatic heterocycles. The van der Waals surface area contributed by atoms with E-state index in [1.807, 2.05) is 0 Å². The van der Waals surface area contributed by atoms with Crippen molar-refractivity contribution < 1.29 is 9.47 Å². The van der Waals surface area contributed by atoms with Crippen molar-refractivity contribution >= 4 is 0 Å². The van der Waals surface area contributed by atoms with E-state index in [1.54, 1.807) is 7.11 Å². The Kier molecular flexibility index (Phi) is 5.58. The van der Waals surface area contributed by atoms with Gasteiger partial charge in [0.15, 0.2) is 0 Å². The molecule has 0 spiro atoms. The smallest absolute Gasteiger partial charge is 0.0587 e. The third-order valence-electron chi connectivity index (χ3n) is 4.24. The molecule has 2 rings (SSSR count). The van der Waals surface area contributed by atoms with Gasteiger partial charge in [-0.1, -0.05) is 23.8 Å². The van der Waals surface area contributed by atoms with E-state index in [-0.39, 0.29) is 5.41 Å². The molecule has 1 aliphatic rings. The third-order valence-corrected chi connectivity index (χ3v) is 4.24. The largest absolute Gasteiger partial charge is 0.383 e. The van der Waals surface area contributed by atoms with Gasteiger partial charge in [0.2, 0.25) is 0 Å². The van der Waals surface area contributed by atoms with Crippen molar-refractivity contribution in [2.75, 3.05) is 40.0 Å². The van der Waals surface area contributed by atoms with Gasteiger partial charge in [0.1, 0.15) is 0 Å². The second-order valence-corrected chi connectivity index (χ2v) is 6.08. The van der Waals surface area contributed by atoms with Gasteiger partial charge in [-0.2, -0.15) is 0 Å². The molecule has 1 N–H and O–H groups in total. The SMILES string of the molecule is COCCNCC1(Cc2cc(C)ccc2C)CCOC1. The van der Waals surface area contributed by atoms with Crippen molar-refractivity contribution in [3.05, 3.63) is 34.9 Å². The van der Waals surface area contributed by atoms with Crippen LogP contribution in [0.4, 0.5) is 0 Å². The van der Waals surface area contributed by atoms with Crippen molar-refractivity contribution in [1.29, 1.82) is 0 Å². The number of rotatable bonds is 7. The number of aryl methyl sites for hydroxylation is 2. The summed E-state index contributed by atoms with van der Waals surface area (Å²) in [5, 5.41) is 3.52. The Bertz CT molecular complexity index is 425. The summed E-state index contributed by atoms with van der Waals surface area (Å²) in [5.74, 6) is 0. The standard InChI is InChI=1S/C17H27NO2/c1-14-4-5-15(2)16(10-14)11-17(6-8-20-13-17)12-18-7-9-19-3/h4-5,10,18H,6-9,11-13H2,1-3H3. The Hall–Kier alpha value is -0.900. The molecule has 0 bridgehead atoms. The topological polar surface area (TPSA) is 30.5 Å². The molecule has 1 saturated heterocycles. The van der Waals surface area contributed by atoms with E-state index in [4.69, 9.17) is 9.47 Å². The van der Waals surface area contributed by atoms with Crippen molar-refractivity contribution in [2.24, 2.45) is 5.41 Å². The molecule has 3 nitrogen and oxygen atoms in total. The molecule has 0 aliphatic carbocycles. The first kappa shape index (κ1) is 15.5. The molecular weight excluding hydrogens is 250 g/mol. The van der Waals surface area contributed by atoms with E-state index >= 15 is 0 Å².